The van der Waals surface area contributed by atoms with Gasteiger partial charge in [-0.2, -0.15) is 0 Å². The van der Waals surface area contributed by atoms with Crippen LogP contribution in [0.3, 0.4) is 0 Å². The number of carbonyl (C=O) groups excluding carboxylic acids is 1. The first-order valence-electron chi connectivity index (χ1n) is 6.79. The van der Waals surface area contributed by atoms with Crippen LogP contribution in [0.25, 0.3) is 0 Å². The number of carbonyl (C=O) groups is 1. The fourth-order valence-corrected chi connectivity index (χ4v) is 2.53. The van der Waals surface area contributed by atoms with E-state index in [4.69, 9.17) is 9.15 Å². The summed E-state index contributed by atoms with van der Waals surface area (Å²) in [7, 11) is 0. The van der Waals surface area contributed by atoms with Gasteiger partial charge in [0.2, 0.25) is 0 Å². The van der Waals surface area contributed by atoms with Crippen LogP contribution in [0.5, 0.6) is 5.75 Å². The molecule has 1 aromatic carbocycles. The Morgan fingerprint density at radius 1 is 1.43 bits per heavy atom. The van der Waals surface area contributed by atoms with E-state index in [9.17, 15) is 4.79 Å². The van der Waals surface area contributed by atoms with E-state index in [1.807, 2.05) is 45.0 Å². The molecule has 2 aromatic rings. The highest BCUT2D eigenvalue weighted by Crippen LogP contribution is 2.23. The average molecular weight is 306 g/mol. The van der Waals surface area contributed by atoms with Crippen molar-refractivity contribution in [2.45, 2.75) is 44.3 Å². The van der Waals surface area contributed by atoms with Crippen LogP contribution in [0.4, 0.5) is 0 Å². The predicted octanol–water partition coefficient (Wildman–Crippen LogP) is 3.42. The standard InChI is InChI=1S/C15H18N2O3S/c1-4-13(18)11(3)21-15-17-16-14(20-15)9-19-12-7-5-6-10(2)8-12/h5-8,11H,4,9H2,1-3H3. The molecule has 0 aliphatic heterocycles. The molecule has 0 saturated carbocycles. The minimum atomic E-state index is -0.180. The molecule has 0 aliphatic rings. The van der Waals surface area contributed by atoms with E-state index < -0.39 is 0 Å². The molecule has 0 aliphatic carbocycles. The highest BCUT2D eigenvalue weighted by Gasteiger charge is 2.16. The monoisotopic (exact) mass is 306 g/mol. The van der Waals surface area contributed by atoms with Crippen LogP contribution in [-0.4, -0.2) is 21.2 Å². The van der Waals surface area contributed by atoms with Gasteiger partial charge < -0.3 is 9.15 Å². The molecule has 1 heterocycles. The first-order valence-corrected chi connectivity index (χ1v) is 7.67. The lowest BCUT2D eigenvalue weighted by molar-refractivity contribution is -0.118. The van der Waals surface area contributed by atoms with E-state index >= 15 is 0 Å². The Bertz CT molecular complexity index is 612. The van der Waals surface area contributed by atoms with Crippen LogP contribution >= 0.6 is 11.8 Å². The van der Waals surface area contributed by atoms with Crippen LogP contribution < -0.4 is 4.74 Å². The van der Waals surface area contributed by atoms with Gasteiger partial charge in [-0.15, -0.1) is 10.2 Å². The smallest absolute Gasteiger partial charge is 0.277 e. The van der Waals surface area contributed by atoms with Gasteiger partial charge in [0.1, 0.15) is 11.5 Å². The summed E-state index contributed by atoms with van der Waals surface area (Å²) in [6.07, 6.45) is 0.506. The molecule has 0 spiro atoms. The lowest BCUT2D eigenvalue weighted by Crippen LogP contribution is -2.11. The molecule has 1 atom stereocenters. The Morgan fingerprint density at radius 2 is 2.24 bits per heavy atom. The zero-order chi connectivity index (χ0) is 15.2. The van der Waals surface area contributed by atoms with Gasteiger partial charge in [0, 0.05) is 6.42 Å². The van der Waals surface area contributed by atoms with Gasteiger partial charge >= 0.3 is 0 Å². The molecule has 112 valence electrons. The molecule has 5 nitrogen and oxygen atoms in total. The SMILES string of the molecule is CCC(=O)C(C)Sc1nnc(COc2cccc(C)c2)o1. The third kappa shape index (κ3) is 4.60. The highest BCUT2D eigenvalue weighted by molar-refractivity contribution is 8.00. The number of hydrogen-bond donors (Lipinski definition) is 0. The molecule has 0 fully saturated rings. The van der Waals surface area contributed by atoms with E-state index in [1.165, 1.54) is 11.8 Å². The molecular formula is C15H18N2O3S. The van der Waals surface area contributed by atoms with Crippen LogP contribution in [0.15, 0.2) is 33.9 Å². The second kappa shape index (κ2) is 7.26. The van der Waals surface area contributed by atoms with Crippen molar-refractivity contribution in [1.82, 2.24) is 10.2 Å². The molecule has 21 heavy (non-hydrogen) atoms. The summed E-state index contributed by atoms with van der Waals surface area (Å²) in [5.74, 6) is 1.32. The molecule has 6 heteroatoms. The van der Waals surface area contributed by atoms with Crippen molar-refractivity contribution in [2.24, 2.45) is 0 Å². The average Bonchev–Trinajstić information content (AvgIpc) is 2.92. The van der Waals surface area contributed by atoms with Crippen molar-refractivity contribution >= 4 is 17.5 Å². The van der Waals surface area contributed by atoms with Crippen molar-refractivity contribution < 1.29 is 13.9 Å². The second-order valence-corrected chi connectivity index (χ2v) is 5.94. The van der Waals surface area contributed by atoms with Crippen LogP contribution in [0.1, 0.15) is 31.7 Å². The number of ether oxygens (including phenoxy) is 1. The molecule has 2 rings (SSSR count). The molecule has 0 radical (unpaired) electrons. The molecule has 0 amide bonds. The Morgan fingerprint density at radius 3 is 2.95 bits per heavy atom. The summed E-state index contributed by atoms with van der Waals surface area (Å²) in [5, 5.41) is 8.05. The zero-order valence-corrected chi connectivity index (χ0v) is 13.1. The lowest BCUT2D eigenvalue weighted by atomic mass is 10.2. The summed E-state index contributed by atoms with van der Waals surface area (Å²) in [6.45, 7) is 5.89. The lowest BCUT2D eigenvalue weighted by Gasteiger charge is -2.04. The Labute approximate surface area is 128 Å². The third-order valence-electron chi connectivity index (χ3n) is 2.88. The zero-order valence-electron chi connectivity index (χ0n) is 12.3. The van der Waals surface area contributed by atoms with Gasteiger partial charge in [0.05, 0.1) is 5.25 Å². The van der Waals surface area contributed by atoms with Gasteiger partial charge in [-0.3, -0.25) is 4.79 Å². The maximum Gasteiger partial charge on any atom is 0.277 e. The maximum absolute atomic E-state index is 11.5. The predicted molar refractivity (Wildman–Crippen MR) is 80.4 cm³/mol. The number of aryl methyl sites for hydroxylation is 1. The summed E-state index contributed by atoms with van der Waals surface area (Å²) in [5.41, 5.74) is 1.13. The first kappa shape index (κ1) is 15.6. The topological polar surface area (TPSA) is 65.2 Å². The molecule has 0 saturated heterocycles. The molecule has 1 unspecified atom stereocenters. The number of aromatic nitrogens is 2. The fourth-order valence-electron chi connectivity index (χ4n) is 1.70. The van der Waals surface area contributed by atoms with Gasteiger partial charge in [0.25, 0.3) is 11.1 Å². The normalized spacial score (nSPS) is 12.1. The summed E-state index contributed by atoms with van der Waals surface area (Å²) < 4.78 is 11.1. The number of nitrogens with zero attached hydrogens (tertiary/aromatic N) is 2. The van der Waals surface area contributed by atoms with Gasteiger partial charge in [-0.05, 0) is 31.5 Å². The fraction of sp³-hybridized carbons (Fsp3) is 0.400. The summed E-state index contributed by atoms with van der Waals surface area (Å²) >= 11 is 1.28. The largest absolute Gasteiger partial charge is 0.484 e. The third-order valence-corrected chi connectivity index (χ3v) is 3.86. The van der Waals surface area contributed by atoms with Gasteiger partial charge in [-0.25, -0.2) is 0 Å². The molecule has 0 bridgehead atoms. The van der Waals surface area contributed by atoms with E-state index in [1.54, 1.807) is 0 Å². The molecular weight excluding hydrogens is 288 g/mol. The molecule has 1 aromatic heterocycles. The quantitative estimate of drug-likeness (QED) is 0.730. The Balaban J connectivity index is 1.90. The minimum Gasteiger partial charge on any atom is -0.484 e. The summed E-state index contributed by atoms with van der Waals surface area (Å²) in [6, 6.07) is 7.74. The first-order chi connectivity index (χ1) is 10.1. The van der Waals surface area contributed by atoms with Gasteiger partial charge in [-0.1, -0.05) is 30.8 Å². The Kier molecular flexibility index (Phi) is 5.38. The molecule has 0 N–H and O–H groups in total. The van der Waals surface area contributed by atoms with Crippen LogP contribution in [-0.2, 0) is 11.4 Å². The number of Topliss-reactive ketones (excluding diaryl/α,β-unsaturated/α-hetero) is 1. The number of benzene rings is 1. The second-order valence-electron chi connectivity index (χ2n) is 4.65. The van der Waals surface area contributed by atoms with E-state index in [-0.39, 0.29) is 17.6 Å². The number of hydrogen-bond acceptors (Lipinski definition) is 6. The van der Waals surface area contributed by atoms with Crippen LogP contribution in [0.2, 0.25) is 0 Å². The number of rotatable bonds is 7. The van der Waals surface area contributed by atoms with Crippen molar-refractivity contribution in [3.63, 3.8) is 0 Å². The highest BCUT2D eigenvalue weighted by atomic mass is 32.2. The van der Waals surface area contributed by atoms with Gasteiger partial charge in [0.15, 0.2) is 6.61 Å². The Hall–Kier alpha value is -1.82. The van der Waals surface area contributed by atoms with Crippen molar-refractivity contribution in [3.8, 4) is 5.75 Å². The number of ketones is 1. The number of thioether (sulfide) groups is 1. The van der Waals surface area contributed by atoms with Crippen molar-refractivity contribution in [2.75, 3.05) is 0 Å². The van der Waals surface area contributed by atoms with E-state index in [0.717, 1.165) is 11.3 Å². The minimum absolute atomic E-state index is 0.163. The van der Waals surface area contributed by atoms with E-state index in [0.29, 0.717) is 17.5 Å². The van der Waals surface area contributed by atoms with Crippen molar-refractivity contribution in [3.05, 3.63) is 35.7 Å². The van der Waals surface area contributed by atoms with Crippen molar-refractivity contribution in [1.29, 1.82) is 0 Å². The van der Waals surface area contributed by atoms with Crippen LogP contribution in [0, 0.1) is 6.92 Å². The maximum atomic E-state index is 11.5. The van der Waals surface area contributed by atoms with E-state index in [2.05, 4.69) is 10.2 Å². The summed E-state index contributed by atoms with van der Waals surface area (Å²) in [4.78, 5) is 11.5.